The maximum atomic E-state index is 5.72. The van der Waals surface area contributed by atoms with E-state index in [2.05, 4.69) is 15.9 Å². The molecule has 3 heteroatoms. The van der Waals surface area contributed by atoms with E-state index >= 15 is 0 Å². The van der Waals surface area contributed by atoms with Gasteiger partial charge in [0.1, 0.15) is 11.3 Å². The summed E-state index contributed by atoms with van der Waals surface area (Å²) in [5.74, 6) is 2.44. The molecule has 2 aromatic rings. The highest BCUT2D eigenvalue weighted by atomic mass is 14.9. The quantitative estimate of drug-likeness (QED) is 0.563. The van der Waals surface area contributed by atoms with E-state index in [-0.39, 0.29) is 0 Å². The van der Waals surface area contributed by atoms with E-state index in [1.54, 1.807) is 12.3 Å². The molecule has 0 fully saturated rings. The second-order valence-electron chi connectivity index (χ2n) is 2.48. The Labute approximate surface area is 69.6 Å². The third kappa shape index (κ3) is 0.823. The van der Waals surface area contributed by atoms with E-state index in [1.807, 2.05) is 6.07 Å². The van der Waals surface area contributed by atoms with Gasteiger partial charge in [-0.15, -0.1) is 6.42 Å². The van der Waals surface area contributed by atoms with Crippen LogP contribution >= 0.6 is 0 Å². The molecule has 0 radical (unpaired) electrons. The lowest BCUT2D eigenvalue weighted by atomic mass is 10.2. The fraction of sp³-hybridized carbons (Fsp3) is 0. The van der Waals surface area contributed by atoms with Crippen LogP contribution in [0, 0.1) is 12.3 Å². The van der Waals surface area contributed by atoms with Crippen LogP contribution < -0.4 is 5.73 Å². The molecule has 2 rings (SSSR count). The Morgan fingerprint density at radius 3 is 3.17 bits per heavy atom. The van der Waals surface area contributed by atoms with Crippen LogP contribution in [0.1, 0.15) is 5.69 Å². The number of rotatable bonds is 0. The van der Waals surface area contributed by atoms with E-state index < -0.39 is 0 Å². The van der Waals surface area contributed by atoms with Crippen molar-refractivity contribution in [2.24, 2.45) is 0 Å². The number of nitrogens with one attached hydrogen (secondary N) is 1. The summed E-state index contributed by atoms with van der Waals surface area (Å²) >= 11 is 0. The molecule has 0 saturated carbocycles. The van der Waals surface area contributed by atoms with Gasteiger partial charge in [-0.2, -0.15) is 0 Å². The second-order valence-corrected chi connectivity index (χ2v) is 2.48. The molecule has 58 valence electrons. The summed E-state index contributed by atoms with van der Waals surface area (Å²) in [7, 11) is 0. The molecule has 0 spiro atoms. The summed E-state index contributed by atoms with van der Waals surface area (Å²) in [6.45, 7) is 0. The van der Waals surface area contributed by atoms with Gasteiger partial charge in [-0.3, -0.25) is 0 Å². The molecule has 0 aliphatic rings. The Morgan fingerprint density at radius 2 is 2.42 bits per heavy atom. The molecule has 3 nitrogen and oxygen atoms in total. The van der Waals surface area contributed by atoms with Crippen LogP contribution in [0.5, 0.6) is 0 Å². The lowest BCUT2D eigenvalue weighted by Gasteiger charge is -1.96. The van der Waals surface area contributed by atoms with E-state index in [0.29, 0.717) is 11.4 Å². The molecule has 0 amide bonds. The van der Waals surface area contributed by atoms with E-state index in [0.717, 1.165) is 11.0 Å². The molecule has 2 heterocycles. The number of aromatic amines is 1. The molecule has 12 heavy (non-hydrogen) atoms. The fourth-order valence-electron chi connectivity index (χ4n) is 1.14. The lowest BCUT2D eigenvalue weighted by Crippen LogP contribution is -1.90. The number of hydrogen-bond donors (Lipinski definition) is 2. The zero-order valence-corrected chi connectivity index (χ0v) is 6.33. The van der Waals surface area contributed by atoms with Crippen molar-refractivity contribution in [3.8, 4) is 12.3 Å². The summed E-state index contributed by atoms with van der Waals surface area (Å²) in [5, 5.41) is 0.911. The first-order valence-corrected chi connectivity index (χ1v) is 3.51. The Morgan fingerprint density at radius 1 is 1.58 bits per heavy atom. The minimum absolute atomic E-state index is 0.558. The van der Waals surface area contributed by atoms with Gasteiger partial charge in [0.05, 0.1) is 0 Å². The van der Waals surface area contributed by atoms with Crippen LogP contribution in [-0.4, -0.2) is 9.97 Å². The van der Waals surface area contributed by atoms with Crippen LogP contribution in [0.3, 0.4) is 0 Å². The van der Waals surface area contributed by atoms with Gasteiger partial charge in [-0.1, -0.05) is 5.92 Å². The van der Waals surface area contributed by atoms with Crippen molar-refractivity contribution < 1.29 is 0 Å². The lowest BCUT2D eigenvalue weighted by molar-refractivity contribution is 1.30. The normalized spacial score (nSPS) is 9.92. The van der Waals surface area contributed by atoms with Gasteiger partial charge in [0.2, 0.25) is 0 Å². The molecule has 0 bridgehead atoms. The average Bonchev–Trinajstić information content (AvgIpc) is 2.52. The number of fused-ring (bicyclic) bond motifs is 1. The number of terminal acetylenes is 1. The number of nitrogens with two attached hydrogens (primary N) is 1. The van der Waals surface area contributed by atoms with Crippen LogP contribution in [0.25, 0.3) is 11.0 Å². The van der Waals surface area contributed by atoms with Crippen molar-refractivity contribution in [1.82, 2.24) is 9.97 Å². The molecule has 0 saturated heterocycles. The second kappa shape index (κ2) is 2.28. The van der Waals surface area contributed by atoms with Gasteiger partial charge in [0.15, 0.2) is 0 Å². The van der Waals surface area contributed by atoms with Gasteiger partial charge in [-0.25, -0.2) is 4.98 Å². The van der Waals surface area contributed by atoms with E-state index in [9.17, 15) is 0 Å². The number of aromatic nitrogens is 2. The molecular formula is C9H7N3. The average molecular weight is 157 g/mol. The standard InChI is InChI=1S/C9H7N3/c1-2-6-5-8(10)7-3-4-11-9(7)12-6/h1,3-5H,(H3,10,11,12). The number of pyridine rings is 1. The summed E-state index contributed by atoms with van der Waals surface area (Å²) in [5.41, 5.74) is 7.68. The first-order valence-electron chi connectivity index (χ1n) is 3.51. The molecule has 0 aliphatic carbocycles. The van der Waals surface area contributed by atoms with Gasteiger partial charge < -0.3 is 10.7 Å². The predicted molar refractivity (Wildman–Crippen MR) is 48.4 cm³/mol. The van der Waals surface area contributed by atoms with E-state index in [4.69, 9.17) is 12.2 Å². The summed E-state index contributed by atoms with van der Waals surface area (Å²) in [4.78, 5) is 7.09. The summed E-state index contributed by atoms with van der Waals surface area (Å²) in [6, 6.07) is 3.56. The number of anilines is 1. The van der Waals surface area contributed by atoms with Crippen molar-refractivity contribution in [2.75, 3.05) is 5.73 Å². The minimum Gasteiger partial charge on any atom is -0.398 e. The molecule has 2 aromatic heterocycles. The Bertz CT molecular complexity index is 462. The van der Waals surface area contributed by atoms with Crippen LogP contribution in [-0.2, 0) is 0 Å². The largest absolute Gasteiger partial charge is 0.398 e. The summed E-state index contributed by atoms with van der Waals surface area (Å²) in [6.07, 6.45) is 6.98. The Kier molecular flexibility index (Phi) is 1.28. The van der Waals surface area contributed by atoms with E-state index in [1.165, 1.54) is 0 Å². The third-order valence-corrected chi connectivity index (χ3v) is 1.71. The molecule has 0 aliphatic heterocycles. The SMILES string of the molecule is C#Cc1cc(N)c2cc[nH]c2n1. The molecular weight excluding hydrogens is 150 g/mol. The number of nitrogen functional groups attached to an aromatic ring is 1. The molecule has 0 atom stereocenters. The van der Waals surface area contributed by atoms with Crippen LogP contribution in [0.15, 0.2) is 18.3 Å². The van der Waals surface area contributed by atoms with Crippen molar-refractivity contribution in [2.45, 2.75) is 0 Å². The number of hydrogen-bond acceptors (Lipinski definition) is 2. The van der Waals surface area contributed by atoms with Gasteiger partial charge in [0, 0.05) is 17.3 Å². The zero-order chi connectivity index (χ0) is 8.55. The van der Waals surface area contributed by atoms with Crippen LogP contribution in [0.2, 0.25) is 0 Å². The van der Waals surface area contributed by atoms with Crippen molar-refractivity contribution >= 4 is 16.7 Å². The van der Waals surface area contributed by atoms with Gasteiger partial charge >= 0.3 is 0 Å². The van der Waals surface area contributed by atoms with Crippen LogP contribution in [0.4, 0.5) is 5.69 Å². The number of H-pyrrole nitrogens is 1. The van der Waals surface area contributed by atoms with Crippen molar-refractivity contribution in [3.05, 3.63) is 24.0 Å². The zero-order valence-electron chi connectivity index (χ0n) is 6.33. The van der Waals surface area contributed by atoms with Gasteiger partial charge in [0.25, 0.3) is 0 Å². The third-order valence-electron chi connectivity index (χ3n) is 1.71. The highest BCUT2D eigenvalue weighted by Crippen LogP contribution is 2.18. The topological polar surface area (TPSA) is 54.7 Å². The number of nitrogens with zero attached hydrogens (tertiary/aromatic N) is 1. The Hall–Kier alpha value is -1.95. The first kappa shape index (κ1) is 6.74. The monoisotopic (exact) mass is 157 g/mol. The minimum atomic E-state index is 0.558. The maximum absolute atomic E-state index is 5.72. The molecule has 3 N–H and O–H groups in total. The molecule has 0 unspecified atom stereocenters. The van der Waals surface area contributed by atoms with Crippen molar-refractivity contribution in [1.29, 1.82) is 0 Å². The highest BCUT2D eigenvalue weighted by Gasteiger charge is 2.01. The Balaban J connectivity index is 2.86. The molecule has 0 aromatic carbocycles. The van der Waals surface area contributed by atoms with Crippen molar-refractivity contribution in [3.63, 3.8) is 0 Å². The fourth-order valence-corrected chi connectivity index (χ4v) is 1.14. The maximum Gasteiger partial charge on any atom is 0.140 e. The highest BCUT2D eigenvalue weighted by molar-refractivity contribution is 5.88. The summed E-state index contributed by atoms with van der Waals surface area (Å²) < 4.78 is 0. The first-order chi connectivity index (χ1) is 5.81. The van der Waals surface area contributed by atoms with Gasteiger partial charge in [-0.05, 0) is 12.1 Å². The predicted octanol–water partition coefficient (Wildman–Crippen LogP) is 1.13. The smallest absolute Gasteiger partial charge is 0.140 e.